The lowest BCUT2D eigenvalue weighted by molar-refractivity contribution is 0.0999. The highest BCUT2D eigenvalue weighted by atomic mass is 32.1. The fourth-order valence-corrected chi connectivity index (χ4v) is 2.72. The molecule has 0 bridgehead atoms. The fraction of sp³-hybridized carbons (Fsp3) is 0.118. The summed E-state index contributed by atoms with van der Waals surface area (Å²) in [4.78, 5) is 20.0. The Balaban J connectivity index is 1.85. The summed E-state index contributed by atoms with van der Waals surface area (Å²) in [6.45, 7) is 2.27. The van der Waals surface area contributed by atoms with Gasteiger partial charge in [-0.3, -0.25) is 4.79 Å². The van der Waals surface area contributed by atoms with Crippen molar-refractivity contribution in [3.8, 4) is 5.75 Å². The van der Waals surface area contributed by atoms with Crippen molar-refractivity contribution in [1.82, 2.24) is 9.97 Å². The molecule has 122 valence electrons. The minimum atomic E-state index is -0.552. The van der Waals surface area contributed by atoms with E-state index in [-0.39, 0.29) is 0 Å². The molecule has 0 spiro atoms. The van der Waals surface area contributed by atoms with Crippen molar-refractivity contribution in [3.63, 3.8) is 0 Å². The summed E-state index contributed by atoms with van der Waals surface area (Å²) >= 11 is 1.47. The fourth-order valence-electron chi connectivity index (χ4n) is 2.03. The van der Waals surface area contributed by atoms with Crippen molar-refractivity contribution in [1.29, 1.82) is 0 Å². The average molecular weight is 340 g/mol. The molecule has 0 fully saturated rings. The second kappa shape index (κ2) is 7.10. The number of nitrogens with one attached hydrogen (secondary N) is 1. The van der Waals surface area contributed by atoms with Gasteiger partial charge in [-0.15, -0.1) is 11.3 Å². The maximum atomic E-state index is 11.4. The number of carbonyl (C=O) groups excluding carboxylic acids is 1. The van der Waals surface area contributed by atoms with Gasteiger partial charge in [0.25, 0.3) is 0 Å². The molecule has 6 nitrogen and oxygen atoms in total. The summed E-state index contributed by atoms with van der Waals surface area (Å²) in [5, 5.41) is 5.76. The average Bonchev–Trinajstić information content (AvgIpc) is 2.99. The zero-order valence-electron chi connectivity index (χ0n) is 13.0. The number of nitrogens with zero attached hydrogens (tertiary/aromatic N) is 2. The SMILES string of the molecule is Cc1csc(Nc2ncc(C(N)=O)cc2OCc2ccccc2)n1. The first-order chi connectivity index (χ1) is 11.6. The molecule has 7 heteroatoms. The Labute approximate surface area is 143 Å². The van der Waals surface area contributed by atoms with Gasteiger partial charge in [-0.05, 0) is 18.6 Å². The van der Waals surface area contributed by atoms with Gasteiger partial charge in [-0.25, -0.2) is 9.97 Å². The number of hydrogen-bond donors (Lipinski definition) is 2. The van der Waals surface area contributed by atoms with Gasteiger partial charge >= 0.3 is 0 Å². The molecule has 3 N–H and O–H groups in total. The van der Waals surface area contributed by atoms with E-state index in [9.17, 15) is 4.79 Å². The topological polar surface area (TPSA) is 90.1 Å². The number of primary amides is 1. The number of pyridine rings is 1. The van der Waals surface area contributed by atoms with E-state index in [1.807, 2.05) is 42.6 Å². The molecule has 3 rings (SSSR count). The molecule has 0 radical (unpaired) electrons. The van der Waals surface area contributed by atoms with Crippen molar-refractivity contribution in [2.45, 2.75) is 13.5 Å². The highest BCUT2D eigenvalue weighted by Crippen LogP contribution is 2.28. The second-order valence-electron chi connectivity index (χ2n) is 5.13. The summed E-state index contributed by atoms with van der Waals surface area (Å²) in [7, 11) is 0. The van der Waals surface area contributed by atoms with E-state index in [0.717, 1.165) is 11.3 Å². The van der Waals surface area contributed by atoms with Crippen molar-refractivity contribution < 1.29 is 9.53 Å². The van der Waals surface area contributed by atoms with Gasteiger partial charge < -0.3 is 15.8 Å². The van der Waals surface area contributed by atoms with Gasteiger partial charge in [-0.1, -0.05) is 30.3 Å². The van der Waals surface area contributed by atoms with Crippen LogP contribution < -0.4 is 15.8 Å². The Morgan fingerprint density at radius 3 is 2.79 bits per heavy atom. The minimum absolute atomic E-state index is 0.291. The smallest absolute Gasteiger partial charge is 0.250 e. The summed E-state index contributed by atoms with van der Waals surface area (Å²) < 4.78 is 5.84. The molecule has 0 saturated heterocycles. The number of rotatable bonds is 6. The van der Waals surface area contributed by atoms with Gasteiger partial charge in [0.2, 0.25) is 5.91 Å². The maximum absolute atomic E-state index is 11.4. The molecule has 2 heterocycles. The molecule has 1 amide bonds. The molecule has 24 heavy (non-hydrogen) atoms. The summed E-state index contributed by atoms with van der Waals surface area (Å²) in [5.41, 5.74) is 7.55. The predicted octanol–water partition coefficient (Wildman–Crippen LogP) is 3.27. The molecule has 0 atom stereocenters. The number of hydrogen-bond acceptors (Lipinski definition) is 6. The Bertz CT molecular complexity index is 849. The first kappa shape index (κ1) is 15.9. The van der Waals surface area contributed by atoms with Crippen LogP contribution in [0, 0.1) is 6.92 Å². The highest BCUT2D eigenvalue weighted by molar-refractivity contribution is 7.13. The Hall–Kier alpha value is -2.93. The van der Waals surface area contributed by atoms with E-state index >= 15 is 0 Å². The summed E-state index contributed by atoms with van der Waals surface area (Å²) in [5.74, 6) is 0.386. The normalized spacial score (nSPS) is 10.4. The summed E-state index contributed by atoms with van der Waals surface area (Å²) in [6.07, 6.45) is 1.42. The number of benzene rings is 1. The van der Waals surface area contributed by atoms with Crippen LogP contribution in [0.25, 0.3) is 0 Å². The number of carbonyl (C=O) groups is 1. The molecule has 1 aromatic carbocycles. The van der Waals surface area contributed by atoms with Crippen molar-refractivity contribution in [2.24, 2.45) is 5.73 Å². The van der Waals surface area contributed by atoms with Gasteiger partial charge in [0.05, 0.1) is 11.3 Å². The van der Waals surface area contributed by atoms with Crippen molar-refractivity contribution in [3.05, 3.63) is 64.8 Å². The van der Waals surface area contributed by atoms with Crippen LogP contribution in [-0.2, 0) is 6.61 Å². The summed E-state index contributed by atoms with van der Waals surface area (Å²) in [6, 6.07) is 11.3. The standard InChI is InChI=1S/C17H16N4O2S/c1-11-10-24-17(20-11)21-16-14(7-13(8-19-16)15(18)22)23-9-12-5-3-2-4-6-12/h2-8,10H,9H2,1H3,(H2,18,22)(H,19,20,21). The molecule has 0 saturated carbocycles. The van der Waals surface area contributed by atoms with Crippen LogP contribution in [0.4, 0.5) is 10.9 Å². The number of nitrogens with two attached hydrogens (primary N) is 1. The van der Waals surface area contributed by atoms with E-state index < -0.39 is 5.91 Å². The zero-order chi connectivity index (χ0) is 16.9. The monoisotopic (exact) mass is 340 g/mol. The third-order valence-corrected chi connectivity index (χ3v) is 4.09. The van der Waals surface area contributed by atoms with E-state index in [1.54, 1.807) is 6.07 Å². The predicted molar refractivity (Wildman–Crippen MR) is 93.7 cm³/mol. The first-order valence-corrected chi connectivity index (χ1v) is 8.15. The lowest BCUT2D eigenvalue weighted by Crippen LogP contribution is -2.12. The van der Waals surface area contributed by atoms with Gasteiger partial charge in [-0.2, -0.15) is 0 Å². The molecule has 2 aromatic heterocycles. The number of thiazole rings is 1. The van der Waals surface area contributed by atoms with Gasteiger partial charge in [0.15, 0.2) is 16.7 Å². The molecule has 3 aromatic rings. The van der Waals surface area contributed by atoms with Gasteiger partial charge in [0, 0.05) is 11.6 Å². The van der Waals surface area contributed by atoms with Crippen LogP contribution in [0.1, 0.15) is 21.6 Å². The van der Waals surface area contributed by atoms with Crippen LogP contribution in [-0.4, -0.2) is 15.9 Å². The van der Waals surface area contributed by atoms with E-state index in [0.29, 0.717) is 28.9 Å². The van der Waals surface area contributed by atoms with Gasteiger partial charge in [0.1, 0.15) is 6.61 Å². The number of aryl methyl sites for hydroxylation is 1. The number of anilines is 2. The van der Waals surface area contributed by atoms with Crippen LogP contribution in [0.5, 0.6) is 5.75 Å². The molecule has 0 aliphatic rings. The molecular weight excluding hydrogens is 324 g/mol. The second-order valence-corrected chi connectivity index (χ2v) is 5.99. The largest absolute Gasteiger partial charge is 0.485 e. The Morgan fingerprint density at radius 1 is 1.33 bits per heavy atom. The maximum Gasteiger partial charge on any atom is 0.250 e. The third-order valence-electron chi connectivity index (χ3n) is 3.22. The van der Waals surface area contributed by atoms with E-state index in [1.165, 1.54) is 17.5 Å². The number of aromatic nitrogens is 2. The minimum Gasteiger partial charge on any atom is -0.485 e. The van der Waals surface area contributed by atoms with Crippen LogP contribution in [0.3, 0.4) is 0 Å². The van der Waals surface area contributed by atoms with E-state index in [2.05, 4.69) is 15.3 Å². The number of amides is 1. The van der Waals surface area contributed by atoms with Crippen molar-refractivity contribution in [2.75, 3.05) is 5.32 Å². The Kier molecular flexibility index (Phi) is 4.72. The molecule has 0 aliphatic heterocycles. The number of ether oxygens (including phenoxy) is 1. The van der Waals surface area contributed by atoms with Crippen molar-refractivity contribution >= 4 is 28.2 Å². The lowest BCUT2D eigenvalue weighted by Gasteiger charge is -2.12. The quantitative estimate of drug-likeness (QED) is 0.719. The first-order valence-electron chi connectivity index (χ1n) is 7.27. The third kappa shape index (κ3) is 3.88. The molecular formula is C17H16N4O2S. The zero-order valence-corrected chi connectivity index (χ0v) is 13.8. The van der Waals surface area contributed by atoms with E-state index in [4.69, 9.17) is 10.5 Å². The highest BCUT2D eigenvalue weighted by Gasteiger charge is 2.12. The Morgan fingerprint density at radius 2 is 2.12 bits per heavy atom. The lowest BCUT2D eigenvalue weighted by atomic mass is 10.2. The van der Waals surface area contributed by atoms with Crippen LogP contribution in [0.15, 0.2) is 48.0 Å². The molecule has 0 unspecified atom stereocenters. The van der Waals surface area contributed by atoms with Crippen LogP contribution in [0.2, 0.25) is 0 Å². The molecule has 0 aliphatic carbocycles. The van der Waals surface area contributed by atoms with Crippen LogP contribution >= 0.6 is 11.3 Å².